The van der Waals surface area contributed by atoms with Gasteiger partial charge in [-0.15, -0.1) is 6.58 Å². The van der Waals surface area contributed by atoms with Crippen LogP contribution < -0.4 is 0 Å². The number of likely N-dealkylation sites (tertiary alicyclic amines) is 1. The molecule has 2 aromatic carbocycles. The van der Waals surface area contributed by atoms with Gasteiger partial charge in [0.05, 0.1) is 19.5 Å². The van der Waals surface area contributed by atoms with Gasteiger partial charge in [-0.1, -0.05) is 80.1 Å². The lowest BCUT2D eigenvalue weighted by molar-refractivity contribution is -0.154. The first kappa shape index (κ1) is 28.4. The Morgan fingerprint density at radius 3 is 2.43 bits per heavy atom. The van der Waals surface area contributed by atoms with Gasteiger partial charge >= 0.3 is 0 Å². The zero-order valence-corrected chi connectivity index (χ0v) is 25.0. The van der Waals surface area contributed by atoms with E-state index < -0.39 is 13.5 Å². The highest BCUT2D eigenvalue weighted by molar-refractivity contribution is 8.00. The molecular formula is C29H39Cl2NOSSi. The molecule has 3 rings (SSSR count). The SMILES string of the molecule is C=CC[C@@]1(C)C[C@H](c2cccc(Cl)c2)[C@@H](c2ccc(Cl)cc2)N([C@@H](C)CCSC[Si](C)(C)C)C1=O. The molecule has 1 aliphatic rings. The van der Waals surface area contributed by atoms with Crippen molar-refractivity contribution < 1.29 is 4.79 Å². The van der Waals surface area contributed by atoms with Gasteiger partial charge in [0.1, 0.15) is 0 Å². The van der Waals surface area contributed by atoms with Gasteiger partial charge in [-0.3, -0.25) is 4.79 Å². The maximum Gasteiger partial charge on any atom is 0.229 e. The molecule has 1 aliphatic heterocycles. The number of thioether (sulfide) groups is 1. The first-order valence-electron chi connectivity index (χ1n) is 12.5. The molecule has 0 bridgehead atoms. The quantitative estimate of drug-likeness (QED) is 0.168. The van der Waals surface area contributed by atoms with Gasteiger partial charge in [-0.25, -0.2) is 0 Å². The van der Waals surface area contributed by atoms with Crippen LogP contribution in [-0.4, -0.2) is 36.1 Å². The number of rotatable bonds is 10. The van der Waals surface area contributed by atoms with Crippen molar-refractivity contribution >= 4 is 48.9 Å². The van der Waals surface area contributed by atoms with Crippen LogP contribution in [-0.2, 0) is 4.79 Å². The third-order valence-electron chi connectivity index (χ3n) is 6.88. The van der Waals surface area contributed by atoms with Crippen LogP contribution in [0.2, 0.25) is 29.7 Å². The van der Waals surface area contributed by atoms with Gasteiger partial charge in [0.15, 0.2) is 0 Å². The molecule has 2 aromatic rings. The van der Waals surface area contributed by atoms with Crippen molar-refractivity contribution in [2.75, 3.05) is 11.1 Å². The highest BCUT2D eigenvalue weighted by atomic mass is 35.5. The summed E-state index contributed by atoms with van der Waals surface area (Å²) in [6.45, 7) is 15.5. The topological polar surface area (TPSA) is 20.3 Å². The highest BCUT2D eigenvalue weighted by Gasteiger charge is 2.50. The molecule has 2 nitrogen and oxygen atoms in total. The molecule has 0 unspecified atom stereocenters. The van der Waals surface area contributed by atoms with Crippen molar-refractivity contribution in [1.29, 1.82) is 0 Å². The summed E-state index contributed by atoms with van der Waals surface area (Å²) < 4.78 is 0. The van der Waals surface area contributed by atoms with Crippen LogP contribution >= 0.6 is 35.0 Å². The average Bonchev–Trinajstić information content (AvgIpc) is 2.78. The number of nitrogens with zero attached hydrogens (tertiary/aromatic N) is 1. The van der Waals surface area contributed by atoms with E-state index in [1.54, 1.807) is 0 Å². The number of carbonyl (C=O) groups excluding carboxylic acids is 1. The van der Waals surface area contributed by atoms with Gasteiger partial charge in [0, 0.05) is 22.0 Å². The third-order valence-corrected chi connectivity index (χ3v) is 12.2. The maximum atomic E-state index is 14.2. The monoisotopic (exact) mass is 547 g/mol. The van der Waals surface area contributed by atoms with E-state index in [1.165, 1.54) is 10.9 Å². The lowest BCUT2D eigenvalue weighted by atomic mass is 9.67. The average molecular weight is 549 g/mol. The second kappa shape index (κ2) is 11.9. The summed E-state index contributed by atoms with van der Waals surface area (Å²) >= 11 is 14.7. The van der Waals surface area contributed by atoms with E-state index in [1.807, 2.05) is 42.1 Å². The van der Waals surface area contributed by atoms with Crippen molar-refractivity contribution in [3.8, 4) is 0 Å². The second-order valence-corrected chi connectivity index (χ2v) is 19.3. The second-order valence-electron chi connectivity index (χ2n) is 11.4. The number of benzene rings is 2. The molecule has 0 aliphatic carbocycles. The van der Waals surface area contributed by atoms with E-state index in [0.29, 0.717) is 11.4 Å². The molecule has 0 N–H and O–H groups in total. The Bertz CT molecular complexity index is 1020. The Labute approximate surface area is 227 Å². The molecule has 0 saturated carbocycles. The minimum atomic E-state index is -1.10. The summed E-state index contributed by atoms with van der Waals surface area (Å²) in [7, 11) is -1.10. The van der Waals surface area contributed by atoms with Crippen LogP contribution in [0.3, 0.4) is 0 Å². The molecule has 190 valence electrons. The lowest BCUT2D eigenvalue weighted by Crippen LogP contribution is -2.55. The number of piperidine rings is 1. The summed E-state index contributed by atoms with van der Waals surface area (Å²) in [5.74, 6) is 1.40. The maximum absolute atomic E-state index is 14.2. The molecule has 1 fully saturated rings. The van der Waals surface area contributed by atoms with Crippen molar-refractivity contribution in [2.45, 2.75) is 70.8 Å². The van der Waals surface area contributed by atoms with E-state index in [0.717, 1.165) is 29.2 Å². The zero-order valence-electron chi connectivity index (χ0n) is 21.7. The van der Waals surface area contributed by atoms with E-state index in [-0.39, 0.29) is 23.9 Å². The molecular weight excluding hydrogens is 509 g/mol. The fourth-order valence-electron chi connectivity index (χ4n) is 5.14. The fourth-order valence-corrected chi connectivity index (χ4v) is 9.00. The van der Waals surface area contributed by atoms with Crippen LogP contribution in [0.1, 0.15) is 56.2 Å². The van der Waals surface area contributed by atoms with Gasteiger partial charge in [-0.05, 0) is 72.7 Å². The molecule has 0 spiro atoms. The van der Waals surface area contributed by atoms with Crippen molar-refractivity contribution in [3.05, 3.63) is 82.4 Å². The number of carbonyl (C=O) groups is 1. The summed E-state index contributed by atoms with van der Waals surface area (Å²) in [5.41, 5.74) is 1.79. The number of hydrogen-bond acceptors (Lipinski definition) is 2. The summed E-state index contributed by atoms with van der Waals surface area (Å²) in [6.07, 6.45) is 4.27. The molecule has 6 heteroatoms. The Hall–Kier alpha value is -1.20. The smallest absolute Gasteiger partial charge is 0.229 e. The molecule has 1 saturated heterocycles. The molecule has 4 atom stereocenters. The van der Waals surface area contributed by atoms with Crippen LogP contribution in [0.5, 0.6) is 0 Å². The Balaban J connectivity index is 2.04. The van der Waals surface area contributed by atoms with E-state index in [2.05, 4.69) is 69.2 Å². The Morgan fingerprint density at radius 2 is 1.83 bits per heavy atom. The molecule has 0 radical (unpaired) electrons. The predicted octanol–water partition coefficient (Wildman–Crippen LogP) is 9.02. The summed E-state index contributed by atoms with van der Waals surface area (Å²) in [4.78, 5) is 16.4. The van der Waals surface area contributed by atoms with Crippen LogP contribution in [0.25, 0.3) is 0 Å². The van der Waals surface area contributed by atoms with Crippen molar-refractivity contribution in [3.63, 3.8) is 0 Å². The molecule has 0 aromatic heterocycles. The molecule has 35 heavy (non-hydrogen) atoms. The number of allylic oxidation sites excluding steroid dienone is 1. The first-order valence-corrected chi connectivity index (χ1v) is 18.1. The number of halogens is 2. The molecule has 1 heterocycles. The van der Waals surface area contributed by atoms with Crippen LogP contribution in [0.15, 0.2) is 61.2 Å². The summed E-state index contributed by atoms with van der Waals surface area (Å²) in [6, 6.07) is 16.2. The molecule has 1 amide bonds. The van der Waals surface area contributed by atoms with Crippen LogP contribution in [0, 0.1) is 5.41 Å². The van der Waals surface area contributed by atoms with Crippen molar-refractivity contribution in [1.82, 2.24) is 4.90 Å². The van der Waals surface area contributed by atoms with Gasteiger partial charge in [-0.2, -0.15) is 11.8 Å². The zero-order chi connectivity index (χ0) is 25.8. The Morgan fingerprint density at radius 1 is 1.14 bits per heavy atom. The van der Waals surface area contributed by atoms with Crippen LogP contribution in [0.4, 0.5) is 0 Å². The van der Waals surface area contributed by atoms with E-state index in [9.17, 15) is 4.79 Å². The number of amides is 1. The normalized spacial score (nSPS) is 23.9. The predicted molar refractivity (Wildman–Crippen MR) is 158 cm³/mol. The minimum Gasteiger partial charge on any atom is -0.332 e. The summed E-state index contributed by atoms with van der Waals surface area (Å²) in [5, 5.41) is 2.67. The minimum absolute atomic E-state index is 0.0758. The van der Waals surface area contributed by atoms with Gasteiger partial charge in [0.2, 0.25) is 5.91 Å². The Kier molecular flexibility index (Phi) is 9.64. The highest BCUT2D eigenvalue weighted by Crippen LogP contribution is 2.52. The third kappa shape index (κ3) is 7.19. The van der Waals surface area contributed by atoms with Crippen molar-refractivity contribution in [2.24, 2.45) is 5.41 Å². The lowest BCUT2D eigenvalue weighted by Gasteiger charge is -2.51. The number of hydrogen-bond donors (Lipinski definition) is 0. The largest absolute Gasteiger partial charge is 0.332 e. The standard InChI is InChI=1S/C29H39Cl2NOSSi/c1-7-16-29(3)19-26(23-9-8-10-25(31)18-23)27(22-11-13-24(30)14-12-22)32(28(29)33)21(2)15-17-34-20-35(4,5)6/h7-14,18,21,26-27H,1,15-17,19-20H2,2-6H3/t21-,26+,27+,29-/m0/s1. The van der Waals surface area contributed by atoms with E-state index in [4.69, 9.17) is 23.2 Å². The van der Waals surface area contributed by atoms with Gasteiger partial charge < -0.3 is 4.90 Å². The fraction of sp³-hybridized carbons (Fsp3) is 0.483. The van der Waals surface area contributed by atoms with Gasteiger partial charge in [0.25, 0.3) is 0 Å². The van der Waals surface area contributed by atoms with E-state index >= 15 is 0 Å². The first-order chi connectivity index (χ1) is 16.4.